The van der Waals surface area contributed by atoms with Gasteiger partial charge in [-0.15, -0.1) is 0 Å². The Balaban J connectivity index is 2.85. The Morgan fingerprint density at radius 1 is 1.64 bits per heavy atom. The van der Waals surface area contributed by atoms with Crippen molar-refractivity contribution in [1.29, 1.82) is 0 Å². The monoisotopic (exact) mass is 194 g/mol. The summed E-state index contributed by atoms with van der Waals surface area (Å²) in [6.07, 6.45) is 1.67. The Hall–Kier alpha value is -1.78. The van der Waals surface area contributed by atoms with Crippen LogP contribution < -0.4 is 16.4 Å². The topological polar surface area (TPSA) is 85.2 Å². The highest BCUT2D eigenvalue weighted by molar-refractivity contribution is 5.79. The van der Waals surface area contributed by atoms with Crippen LogP contribution in [0.4, 0.5) is 11.5 Å². The average Bonchev–Trinajstić information content (AvgIpc) is 2.08. The van der Waals surface area contributed by atoms with Crippen molar-refractivity contribution in [2.75, 3.05) is 24.2 Å². The van der Waals surface area contributed by atoms with E-state index < -0.39 is 5.91 Å². The average molecular weight is 194 g/mol. The smallest absolute Gasteiger partial charge is 0.236 e. The molecule has 1 amide bonds. The van der Waals surface area contributed by atoms with Crippen LogP contribution in [-0.4, -0.2) is 24.5 Å². The standard InChI is InChI=1S/C9H14N4O/c1-6-4-12-9(3-7(6)10)13(2)5-8(11)14/h3-4H,5H2,1-2H3,(H2,10,12)(H2,11,14). The Morgan fingerprint density at radius 3 is 2.79 bits per heavy atom. The van der Waals surface area contributed by atoms with Gasteiger partial charge < -0.3 is 16.4 Å². The second-order valence-corrected chi connectivity index (χ2v) is 3.22. The van der Waals surface area contributed by atoms with Crippen molar-refractivity contribution in [3.8, 4) is 0 Å². The van der Waals surface area contributed by atoms with Crippen molar-refractivity contribution in [3.05, 3.63) is 17.8 Å². The first-order valence-electron chi connectivity index (χ1n) is 4.22. The number of nitrogens with two attached hydrogens (primary N) is 2. The van der Waals surface area contributed by atoms with Crippen molar-refractivity contribution in [1.82, 2.24) is 4.98 Å². The van der Waals surface area contributed by atoms with Crippen LogP contribution in [0.2, 0.25) is 0 Å². The number of anilines is 2. The molecule has 0 aliphatic rings. The minimum atomic E-state index is -0.395. The predicted octanol–water partition coefficient (Wildman–Crippen LogP) is -0.106. The fraction of sp³-hybridized carbons (Fsp3) is 0.333. The molecule has 0 unspecified atom stereocenters. The molecule has 0 bridgehead atoms. The van der Waals surface area contributed by atoms with Crippen LogP contribution in [0.25, 0.3) is 0 Å². The SMILES string of the molecule is Cc1cnc(N(C)CC(N)=O)cc1N. The molecule has 0 saturated heterocycles. The van der Waals surface area contributed by atoms with Gasteiger partial charge in [0.05, 0.1) is 6.54 Å². The van der Waals surface area contributed by atoms with Crippen LogP contribution in [0, 0.1) is 6.92 Å². The van der Waals surface area contributed by atoms with Crippen LogP contribution in [0.3, 0.4) is 0 Å². The molecule has 5 nitrogen and oxygen atoms in total. The molecule has 0 fully saturated rings. The highest BCUT2D eigenvalue weighted by Gasteiger charge is 2.06. The van der Waals surface area contributed by atoms with Crippen LogP contribution in [-0.2, 0) is 4.79 Å². The molecule has 1 heterocycles. The van der Waals surface area contributed by atoms with E-state index >= 15 is 0 Å². The van der Waals surface area contributed by atoms with Crippen molar-refractivity contribution in [2.45, 2.75) is 6.92 Å². The third-order valence-electron chi connectivity index (χ3n) is 1.91. The molecule has 76 valence electrons. The Bertz CT molecular complexity index is 351. The van der Waals surface area contributed by atoms with Gasteiger partial charge in [0.15, 0.2) is 0 Å². The van der Waals surface area contributed by atoms with Crippen molar-refractivity contribution in [2.24, 2.45) is 5.73 Å². The number of primary amides is 1. The van der Waals surface area contributed by atoms with Gasteiger partial charge in [0, 0.05) is 25.0 Å². The van der Waals surface area contributed by atoms with Gasteiger partial charge in [-0.1, -0.05) is 0 Å². The van der Waals surface area contributed by atoms with Crippen molar-refractivity contribution < 1.29 is 4.79 Å². The molecule has 5 heteroatoms. The highest BCUT2D eigenvalue weighted by Crippen LogP contribution is 2.15. The molecule has 0 radical (unpaired) electrons. The normalized spacial score (nSPS) is 9.86. The minimum absolute atomic E-state index is 0.134. The third kappa shape index (κ3) is 2.35. The summed E-state index contributed by atoms with van der Waals surface area (Å²) in [7, 11) is 1.74. The molecule has 0 aromatic carbocycles. The fourth-order valence-corrected chi connectivity index (χ4v) is 1.05. The first kappa shape index (κ1) is 10.3. The number of nitrogen functional groups attached to an aromatic ring is 1. The zero-order chi connectivity index (χ0) is 10.7. The number of pyridine rings is 1. The second-order valence-electron chi connectivity index (χ2n) is 3.22. The predicted molar refractivity (Wildman–Crippen MR) is 55.9 cm³/mol. The van der Waals surface area contributed by atoms with E-state index in [0.29, 0.717) is 11.5 Å². The lowest BCUT2D eigenvalue weighted by Crippen LogP contribution is -2.31. The number of carbonyl (C=O) groups is 1. The number of amides is 1. The molecular weight excluding hydrogens is 180 g/mol. The van der Waals surface area contributed by atoms with Gasteiger partial charge in [0.1, 0.15) is 5.82 Å². The highest BCUT2D eigenvalue weighted by atomic mass is 16.1. The van der Waals surface area contributed by atoms with Gasteiger partial charge in [0.2, 0.25) is 5.91 Å². The third-order valence-corrected chi connectivity index (χ3v) is 1.91. The number of hydrogen-bond donors (Lipinski definition) is 2. The van der Waals surface area contributed by atoms with Crippen molar-refractivity contribution >= 4 is 17.4 Å². The van der Waals surface area contributed by atoms with E-state index in [2.05, 4.69) is 4.98 Å². The number of aryl methyl sites for hydroxylation is 1. The molecule has 1 aromatic rings. The quantitative estimate of drug-likeness (QED) is 0.703. The molecule has 1 aromatic heterocycles. The number of likely N-dealkylation sites (N-methyl/N-ethyl adjacent to an activating group) is 1. The fourth-order valence-electron chi connectivity index (χ4n) is 1.05. The van der Waals surface area contributed by atoms with Gasteiger partial charge >= 0.3 is 0 Å². The number of rotatable bonds is 3. The lowest BCUT2D eigenvalue weighted by Gasteiger charge is -2.16. The van der Waals surface area contributed by atoms with Crippen LogP contribution in [0.1, 0.15) is 5.56 Å². The first-order valence-corrected chi connectivity index (χ1v) is 4.22. The molecule has 14 heavy (non-hydrogen) atoms. The Labute approximate surface area is 82.7 Å². The molecule has 4 N–H and O–H groups in total. The molecule has 0 aliphatic carbocycles. The Kier molecular flexibility index (Phi) is 2.91. The summed E-state index contributed by atoms with van der Waals surface area (Å²) in [6, 6.07) is 1.72. The maximum atomic E-state index is 10.7. The molecule has 0 spiro atoms. The maximum Gasteiger partial charge on any atom is 0.236 e. The summed E-state index contributed by atoms with van der Waals surface area (Å²) < 4.78 is 0. The van der Waals surface area contributed by atoms with E-state index in [9.17, 15) is 4.79 Å². The largest absolute Gasteiger partial charge is 0.398 e. The van der Waals surface area contributed by atoms with E-state index in [4.69, 9.17) is 11.5 Å². The summed E-state index contributed by atoms with van der Waals surface area (Å²) >= 11 is 0. The zero-order valence-corrected chi connectivity index (χ0v) is 8.32. The summed E-state index contributed by atoms with van der Waals surface area (Å²) in [4.78, 5) is 16.4. The zero-order valence-electron chi connectivity index (χ0n) is 8.32. The van der Waals surface area contributed by atoms with E-state index in [1.54, 1.807) is 24.2 Å². The molecule has 1 rings (SSSR count). The lowest BCUT2D eigenvalue weighted by molar-refractivity contribution is -0.116. The van der Waals surface area contributed by atoms with Crippen LogP contribution in [0.15, 0.2) is 12.3 Å². The first-order chi connectivity index (χ1) is 6.50. The van der Waals surface area contributed by atoms with Gasteiger partial charge in [-0.05, 0) is 12.5 Å². The van der Waals surface area contributed by atoms with Crippen molar-refractivity contribution in [3.63, 3.8) is 0 Å². The molecule has 0 atom stereocenters. The molecule has 0 saturated carbocycles. The minimum Gasteiger partial charge on any atom is -0.398 e. The van der Waals surface area contributed by atoms with Gasteiger partial charge in [-0.2, -0.15) is 0 Å². The van der Waals surface area contributed by atoms with Crippen LogP contribution in [0.5, 0.6) is 0 Å². The van der Waals surface area contributed by atoms with E-state index in [1.807, 2.05) is 6.92 Å². The summed E-state index contributed by atoms with van der Waals surface area (Å²) in [5, 5.41) is 0. The summed E-state index contributed by atoms with van der Waals surface area (Å²) in [5.41, 5.74) is 12.3. The summed E-state index contributed by atoms with van der Waals surface area (Å²) in [6.45, 7) is 2.01. The molecular formula is C9H14N4O. The van der Waals surface area contributed by atoms with Gasteiger partial charge in [-0.3, -0.25) is 4.79 Å². The van der Waals surface area contributed by atoms with E-state index in [1.165, 1.54) is 0 Å². The summed E-state index contributed by atoms with van der Waals surface area (Å²) in [5.74, 6) is 0.250. The van der Waals surface area contributed by atoms with E-state index in [-0.39, 0.29) is 6.54 Å². The van der Waals surface area contributed by atoms with E-state index in [0.717, 1.165) is 5.56 Å². The number of nitrogens with zero attached hydrogens (tertiary/aromatic N) is 2. The number of hydrogen-bond acceptors (Lipinski definition) is 4. The Morgan fingerprint density at radius 2 is 2.29 bits per heavy atom. The van der Waals surface area contributed by atoms with Crippen LogP contribution >= 0.6 is 0 Å². The number of aromatic nitrogens is 1. The maximum absolute atomic E-state index is 10.7. The van der Waals surface area contributed by atoms with Gasteiger partial charge in [-0.25, -0.2) is 4.98 Å². The van der Waals surface area contributed by atoms with Gasteiger partial charge in [0.25, 0.3) is 0 Å². The number of carbonyl (C=O) groups excluding carboxylic acids is 1. The molecule has 0 aliphatic heterocycles. The lowest BCUT2D eigenvalue weighted by atomic mass is 10.2. The second kappa shape index (κ2) is 3.95.